The molecule has 0 aliphatic heterocycles. The minimum absolute atomic E-state index is 0.0635. The Bertz CT molecular complexity index is 745. The normalized spacial score (nSPS) is 17.8. The van der Waals surface area contributed by atoms with E-state index < -0.39 is 11.8 Å². The second kappa shape index (κ2) is 5.26. The summed E-state index contributed by atoms with van der Waals surface area (Å²) >= 11 is 6.12. The van der Waals surface area contributed by atoms with Crippen LogP contribution in [0.15, 0.2) is 12.1 Å². The molecule has 3 rings (SSSR count). The van der Waals surface area contributed by atoms with Crippen molar-refractivity contribution in [3.63, 3.8) is 0 Å². The van der Waals surface area contributed by atoms with Crippen LogP contribution >= 0.6 is 11.6 Å². The average Bonchev–Trinajstić information content (AvgIpc) is 2.48. The summed E-state index contributed by atoms with van der Waals surface area (Å²) in [5.74, 6) is -1.15. The Kier molecular flexibility index (Phi) is 3.57. The van der Waals surface area contributed by atoms with Crippen molar-refractivity contribution in [3.05, 3.63) is 39.8 Å². The predicted octanol–water partition coefficient (Wildman–Crippen LogP) is 4.24. The van der Waals surface area contributed by atoms with Gasteiger partial charge in [-0.2, -0.15) is 0 Å². The van der Waals surface area contributed by atoms with Crippen LogP contribution in [-0.4, -0.2) is 16.1 Å². The van der Waals surface area contributed by atoms with Crippen LogP contribution in [0.4, 0.5) is 4.39 Å². The molecule has 1 aromatic heterocycles. The SMILES string of the molecule is CCC1CCc2nc3c(F)ccc(Cl)c3c(C(=O)O)c2C1. The highest BCUT2D eigenvalue weighted by molar-refractivity contribution is 6.36. The number of aromatic nitrogens is 1. The third-order valence-corrected chi connectivity index (χ3v) is 4.61. The summed E-state index contributed by atoms with van der Waals surface area (Å²) in [5, 5.41) is 10.1. The maximum Gasteiger partial charge on any atom is 0.336 e. The molecule has 1 unspecified atom stereocenters. The number of carboxylic acids is 1. The Labute approximate surface area is 126 Å². The number of hydrogen-bond donors (Lipinski definition) is 1. The molecule has 1 heterocycles. The van der Waals surface area contributed by atoms with Gasteiger partial charge < -0.3 is 5.11 Å². The Balaban J connectivity index is 2.38. The van der Waals surface area contributed by atoms with Crippen LogP contribution in [0.3, 0.4) is 0 Å². The fraction of sp³-hybridized carbons (Fsp3) is 0.375. The number of benzene rings is 1. The lowest BCUT2D eigenvalue weighted by atomic mass is 9.82. The second-order valence-electron chi connectivity index (χ2n) is 5.49. The lowest BCUT2D eigenvalue weighted by molar-refractivity contribution is 0.0697. The van der Waals surface area contributed by atoms with Gasteiger partial charge in [-0.05, 0) is 42.9 Å². The number of rotatable bonds is 2. The first-order chi connectivity index (χ1) is 10.0. The van der Waals surface area contributed by atoms with Crippen molar-refractivity contribution in [1.29, 1.82) is 0 Å². The van der Waals surface area contributed by atoms with Gasteiger partial charge in [-0.1, -0.05) is 24.9 Å². The highest BCUT2D eigenvalue weighted by Gasteiger charge is 2.28. The number of fused-ring (bicyclic) bond motifs is 2. The molecule has 1 atom stereocenters. The van der Waals surface area contributed by atoms with Crippen LogP contribution in [0.1, 0.15) is 41.4 Å². The zero-order chi connectivity index (χ0) is 15.1. The summed E-state index contributed by atoms with van der Waals surface area (Å²) in [5.41, 5.74) is 1.61. The monoisotopic (exact) mass is 307 g/mol. The molecule has 0 amide bonds. The van der Waals surface area contributed by atoms with E-state index in [2.05, 4.69) is 11.9 Å². The Morgan fingerprint density at radius 2 is 2.29 bits per heavy atom. The second-order valence-corrected chi connectivity index (χ2v) is 5.89. The molecule has 110 valence electrons. The van der Waals surface area contributed by atoms with Crippen molar-refractivity contribution in [2.24, 2.45) is 5.92 Å². The number of carboxylic acid groups (broad SMARTS) is 1. The largest absolute Gasteiger partial charge is 0.478 e. The molecule has 0 radical (unpaired) electrons. The van der Waals surface area contributed by atoms with Crippen LogP contribution < -0.4 is 0 Å². The van der Waals surface area contributed by atoms with Gasteiger partial charge in [0.1, 0.15) is 11.3 Å². The molecule has 0 saturated carbocycles. The predicted molar refractivity (Wildman–Crippen MR) is 79.5 cm³/mol. The highest BCUT2D eigenvalue weighted by atomic mass is 35.5. The van der Waals surface area contributed by atoms with Gasteiger partial charge in [-0.15, -0.1) is 0 Å². The summed E-state index contributed by atoms with van der Waals surface area (Å²) < 4.78 is 14.0. The topological polar surface area (TPSA) is 50.2 Å². The molecular formula is C16H15ClFNO2. The molecule has 0 spiro atoms. The van der Waals surface area contributed by atoms with E-state index in [4.69, 9.17) is 11.6 Å². The summed E-state index contributed by atoms with van der Waals surface area (Å²) in [7, 11) is 0. The van der Waals surface area contributed by atoms with E-state index in [1.54, 1.807) is 0 Å². The van der Waals surface area contributed by atoms with Crippen molar-refractivity contribution in [2.45, 2.75) is 32.6 Å². The van der Waals surface area contributed by atoms with Crippen LogP contribution in [0, 0.1) is 11.7 Å². The minimum atomic E-state index is -1.07. The van der Waals surface area contributed by atoms with Gasteiger partial charge in [-0.25, -0.2) is 14.2 Å². The quantitative estimate of drug-likeness (QED) is 0.902. The van der Waals surface area contributed by atoms with Gasteiger partial charge in [0.25, 0.3) is 0 Å². The van der Waals surface area contributed by atoms with Crippen LogP contribution in [0.25, 0.3) is 10.9 Å². The number of pyridine rings is 1. The summed E-state index contributed by atoms with van der Waals surface area (Å²) in [4.78, 5) is 16.1. The lowest BCUT2D eigenvalue weighted by Crippen LogP contribution is -2.19. The molecule has 1 aliphatic rings. The fourth-order valence-corrected chi connectivity index (χ4v) is 3.38. The molecular weight excluding hydrogens is 293 g/mol. The molecule has 1 aliphatic carbocycles. The van der Waals surface area contributed by atoms with E-state index >= 15 is 0 Å². The first-order valence-corrected chi connectivity index (χ1v) is 7.43. The fourth-order valence-electron chi connectivity index (χ4n) is 3.13. The van der Waals surface area contributed by atoms with Crippen molar-refractivity contribution in [2.75, 3.05) is 0 Å². The van der Waals surface area contributed by atoms with Crippen LogP contribution in [0.5, 0.6) is 0 Å². The van der Waals surface area contributed by atoms with Gasteiger partial charge >= 0.3 is 5.97 Å². The van der Waals surface area contributed by atoms with Crippen molar-refractivity contribution in [1.82, 2.24) is 4.98 Å². The number of nitrogens with zero attached hydrogens (tertiary/aromatic N) is 1. The Morgan fingerprint density at radius 3 is 2.95 bits per heavy atom. The Hall–Kier alpha value is -1.68. The van der Waals surface area contributed by atoms with Gasteiger partial charge in [0.05, 0.1) is 10.6 Å². The molecule has 5 heteroatoms. The first-order valence-electron chi connectivity index (χ1n) is 7.05. The van der Waals surface area contributed by atoms with Crippen LogP contribution in [-0.2, 0) is 12.8 Å². The lowest BCUT2D eigenvalue weighted by Gasteiger charge is -2.25. The van der Waals surface area contributed by atoms with Gasteiger partial charge in [0.2, 0.25) is 0 Å². The van der Waals surface area contributed by atoms with Gasteiger partial charge in [0.15, 0.2) is 0 Å². The standard InChI is InChI=1S/C16H15ClFNO2/c1-2-8-3-6-12-9(7-8)13(16(20)21)14-10(17)4-5-11(18)15(14)19-12/h4-5,8H,2-3,6-7H2,1H3,(H,20,21). The minimum Gasteiger partial charge on any atom is -0.478 e. The van der Waals surface area contributed by atoms with E-state index in [0.29, 0.717) is 24.5 Å². The van der Waals surface area contributed by atoms with E-state index in [1.165, 1.54) is 12.1 Å². The van der Waals surface area contributed by atoms with E-state index in [-0.39, 0.29) is 21.5 Å². The van der Waals surface area contributed by atoms with Crippen molar-refractivity contribution in [3.8, 4) is 0 Å². The Morgan fingerprint density at radius 1 is 1.52 bits per heavy atom. The summed E-state index contributed by atoms with van der Waals surface area (Å²) in [6.07, 6.45) is 3.32. The zero-order valence-corrected chi connectivity index (χ0v) is 12.4. The van der Waals surface area contributed by atoms with E-state index in [0.717, 1.165) is 18.4 Å². The first kappa shape index (κ1) is 14.3. The maximum absolute atomic E-state index is 14.0. The maximum atomic E-state index is 14.0. The van der Waals surface area contributed by atoms with E-state index in [1.807, 2.05) is 0 Å². The van der Waals surface area contributed by atoms with Gasteiger partial charge in [0, 0.05) is 11.1 Å². The molecule has 1 N–H and O–H groups in total. The molecule has 0 saturated heterocycles. The number of carbonyl (C=O) groups is 1. The van der Waals surface area contributed by atoms with Crippen molar-refractivity contribution < 1.29 is 14.3 Å². The van der Waals surface area contributed by atoms with E-state index in [9.17, 15) is 14.3 Å². The molecule has 3 nitrogen and oxygen atoms in total. The molecule has 2 aromatic rings. The van der Waals surface area contributed by atoms with Gasteiger partial charge in [-0.3, -0.25) is 0 Å². The third-order valence-electron chi connectivity index (χ3n) is 4.30. The van der Waals surface area contributed by atoms with Crippen molar-refractivity contribution >= 4 is 28.5 Å². The molecule has 1 aromatic carbocycles. The smallest absolute Gasteiger partial charge is 0.336 e. The number of aryl methyl sites for hydroxylation is 1. The molecule has 0 bridgehead atoms. The zero-order valence-electron chi connectivity index (χ0n) is 11.6. The third kappa shape index (κ3) is 2.27. The molecule has 21 heavy (non-hydrogen) atoms. The highest BCUT2D eigenvalue weighted by Crippen LogP contribution is 2.36. The summed E-state index contributed by atoms with van der Waals surface area (Å²) in [6, 6.07) is 2.62. The molecule has 0 fully saturated rings. The summed E-state index contributed by atoms with van der Waals surface area (Å²) in [6.45, 7) is 2.09. The van der Waals surface area contributed by atoms with Crippen LogP contribution in [0.2, 0.25) is 5.02 Å². The number of hydrogen-bond acceptors (Lipinski definition) is 2. The number of aromatic carboxylic acids is 1. The number of halogens is 2. The average molecular weight is 308 g/mol.